The maximum atomic E-state index is 12.7. The third-order valence-corrected chi connectivity index (χ3v) is 6.41. The molecule has 4 nitrogen and oxygen atoms in total. The van der Waals surface area contributed by atoms with Gasteiger partial charge in [-0.1, -0.05) is 55.0 Å². The number of nitrogens with zero attached hydrogens (tertiary/aromatic N) is 2. The minimum Gasteiger partial charge on any atom is -0.371 e. The Morgan fingerprint density at radius 3 is 2.48 bits per heavy atom. The molecule has 0 radical (unpaired) electrons. The highest BCUT2D eigenvalue weighted by atomic mass is 16.2. The molecule has 29 heavy (non-hydrogen) atoms. The van der Waals surface area contributed by atoms with E-state index in [1.165, 1.54) is 30.5 Å². The Balaban J connectivity index is 1.23. The van der Waals surface area contributed by atoms with Crippen LogP contribution in [-0.4, -0.2) is 49.6 Å². The second kappa shape index (κ2) is 9.93. The van der Waals surface area contributed by atoms with Gasteiger partial charge >= 0.3 is 0 Å². The standard InChI is InChI=1S/C25H33N3O/c29-25(26-18-22-14-16-28(19-22)23-11-5-2-6-12-23)20-27-15-8-7-13-24(27)17-21-9-3-1-4-10-21/h1-6,9-12,22,24H,7-8,13-20H2,(H,26,29). The molecule has 4 rings (SSSR count). The van der Waals surface area contributed by atoms with E-state index < -0.39 is 0 Å². The molecule has 2 aromatic carbocycles. The fraction of sp³-hybridized carbons (Fsp3) is 0.480. The van der Waals surface area contributed by atoms with Crippen LogP contribution in [0, 0.1) is 5.92 Å². The molecule has 2 aliphatic rings. The third kappa shape index (κ3) is 5.60. The summed E-state index contributed by atoms with van der Waals surface area (Å²) >= 11 is 0. The Morgan fingerprint density at radius 1 is 0.931 bits per heavy atom. The summed E-state index contributed by atoms with van der Waals surface area (Å²) in [7, 11) is 0. The quantitative estimate of drug-likeness (QED) is 0.781. The first-order valence-electron chi connectivity index (χ1n) is 11.1. The highest BCUT2D eigenvalue weighted by Crippen LogP contribution is 2.23. The molecule has 0 saturated carbocycles. The molecule has 4 heteroatoms. The highest BCUT2D eigenvalue weighted by molar-refractivity contribution is 5.78. The molecule has 2 saturated heterocycles. The molecular formula is C25H33N3O. The number of hydrogen-bond acceptors (Lipinski definition) is 3. The summed E-state index contributed by atoms with van der Waals surface area (Å²) < 4.78 is 0. The van der Waals surface area contributed by atoms with E-state index in [1.807, 2.05) is 0 Å². The Hall–Kier alpha value is -2.33. The number of hydrogen-bond donors (Lipinski definition) is 1. The van der Waals surface area contributed by atoms with Crippen LogP contribution < -0.4 is 10.2 Å². The van der Waals surface area contributed by atoms with Gasteiger partial charge in [0.2, 0.25) is 5.91 Å². The lowest BCUT2D eigenvalue weighted by Gasteiger charge is -2.35. The van der Waals surface area contributed by atoms with E-state index in [-0.39, 0.29) is 5.91 Å². The lowest BCUT2D eigenvalue weighted by molar-refractivity contribution is -0.123. The number of amides is 1. The second-order valence-electron chi connectivity index (χ2n) is 8.55. The SMILES string of the molecule is O=C(CN1CCCCC1Cc1ccccc1)NCC1CCN(c2ccccc2)C1. The number of piperidine rings is 1. The molecule has 0 spiro atoms. The molecular weight excluding hydrogens is 358 g/mol. The lowest BCUT2D eigenvalue weighted by atomic mass is 9.95. The van der Waals surface area contributed by atoms with Crippen LogP contribution in [0.1, 0.15) is 31.2 Å². The maximum absolute atomic E-state index is 12.7. The first-order chi connectivity index (χ1) is 14.3. The number of carbonyl (C=O) groups is 1. The van der Waals surface area contributed by atoms with Crippen molar-refractivity contribution in [3.8, 4) is 0 Å². The number of benzene rings is 2. The molecule has 2 heterocycles. The van der Waals surface area contributed by atoms with Crippen LogP contribution in [0.5, 0.6) is 0 Å². The summed E-state index contributed by atoms with van der Waals surface area (Å²) in [6.45, 7) is 4.47. The van der Waals surface area contributed by atoms with Crippen LogP contribution in [0.3, 0.4) is 0 Å². The summed E-state index contributed by atoms with van der Waals surface area (Å²) in [4.78, 5) is 17.5. The van der Waals surface area contributed by atoms with E-state index in [1.54, 1.807) is 0 Å². The average Bonchev–Trinajstić information content (AvgIpc) is 3.24. The van der Waals surface area contributed by atoms with Gasteiger partial charge in [-0.3, -0.25) is 9.69 Å². The van der Waals surface area contributed by atoms with Gasteiger partial charge in [0.1, 0.15) is 0 Å². The van der Waals surface area contributed by atoms with E-state index in [2.05, 4.69) is 75.8 Å². The summed E-state index contributed by atoms with van der Waals surface area (Å²) in [6.07, 6.45) is 5.86. The summed E-state index contributed by atoms with van der Waals surface area (Å²) in [5, 5.41) is 3.22. The zero-order chi connectivity index (χ0) is 19.9. The topological polar surface area (TPSA) is 35.6 Å². The number of para-hydroxylation sites is 1. The van der Waals surface area contributed by atoms with Crippen molar-refractivity contribution < 1.29 is 4.79 Å². The van der Waals surface area contributed by atoms with Gasteiger partial charge in [-0.25, -0.2) is 0 Å². The Bertz CT molecular complexity index is 764. The van der Waals surface area contributed by atoms with Gasteiger partial charge in [-0.15, -0.1) is 0 Å². The summed E-state index contributed by atoms with van der Waals surface area (Å²) in [6, 6.07) is 21.7. The van der Waals surface area contributed by atoms with E-state index in [0.29, 0.717) is 18.5 Å². The summed E-state index contributed by atoms with van der Waals surface area (Å²) in [5.74, 6) is 0.726. The van der Waals surface area contributed by atoms with E-state index in [4.69, 9.17) is 0 Å². The Kier molecular flexibility index (Phi) is 6.83. The van der Waals surface area contributed by atoms with Gasteiger partial charge in [-0.05, 0) is 55.8 Å². The van der Waals surface area contributed by atoms with E-state index in [9.17, 15) is 4.79 Å². The van der Waals surface area contributed by atoms with Gasteiger partial charge in [-0.2, -0.15) is 0 Å². The first kappa shape index (κ1) is 20.0. The van der Waals surface area contributed by atoms with Crippen LogP contribution in [-0.2, 0) is 11.2 Å². The molecule has 0 aromatic heterocycles. The molecule has 2 aliphatic heterocycles. The number of likely N-dealkylation sites (tertiary alicyclic amines) is 1. The lowest BCUT2D eigenvalue weighted by Crippen LogP contribution is -2.47. The zero-order valence-corrected chi connectivity index (χ0v) is 17.3. The van der Waals surface area contributed by atoms with Crippen molar-refractivity contribution in [1.29, 1.82) is 0 Å². The molecule has 2 fully saturated rings. The minimum atomic E-state index is 0.183. The molecule has 0 aliphatic carbocycles. The third-order valence-electron chi connectivity index (χ3n) is 6.41. The Labute approximate surface area is 174 Å². The fourth-order valence-corrected chi connectivity index (χ4v) is 4.76. The van der Waals surface area contributed by atoms with Crippen molar-refractivity contribution >= 4 is 11.6 Å². The normalized spacial score (nSPS) is 22.6. The molecule has 2 atom stereocenters. The Morgan fingerprint density at radius 2 is 1.69 bits per heavy atom. The van der Waals surface area contributed by atoms with Gasteiger partial charge in [0, 0.05) is 31.4 Å². The summed E-state index contributed by atoms with van der Waals surface area (Å²) in [5.41, 5.74) is 2.66. The molecule has 1 N–H and O–H groups in total. The predicted octanol–water partition coefficient (Wildman–Crippen LogP) is 3.73. The molecule has 154 valence electrons. The minimum absolute atomic E-state index is 0.183. The van der Waals surface area contributed by atoms with Gasteiger partial charge < -0.3 is 10.2 Å². The van der Waals surface area contributed by atoms with Gasteiger partial charge in [0.25, 0.3) is 0 Å². The van der Waals surface area contributed by atoms with Crippen molar-refractivity contribution in [2.24, 2.45) is 5.92 Å². The fourth-order valence-electron chi connectivity index (χ4n) is 4.76. The zero-order valence-electron chi connectivity index (χ0n) is 17.3. The predicted molar refractivity (Wildman–Crippen MR) is 119 cm³/mol. The van der Waals surface area contributed by atoms with Crippen molar-refractivity contribution in [3.63, 3.8) is 0 Å². The molecule has 2 aromatic rings. The van der Waals surface area contributed by atoms with Crippen molar-refractivity contribution in [3.05, 3.63) is 66.2 Å². The number of carbonyl (C=O) groups excluding carboxylic acids is 1. The smallest absolute Gasteiger partial charge is 0.234 e. The number of rotatable bonds is 7. The van der Waals surface area contributed by atoms with E-state index in [0.717, 1.165) is 39.0 Å². The molecule has 0 bridgehead atoms. The first-order valence-corrected chi connectivity index (χ1v) is 11.1. The monoisotopic (exact) mass is 391 g/mol. The van der Waals surface area contributed by atoms with Gasteiger partial charge in [0.05, 0.1) is 6.54 Å². The maximum Gasteiger partial charge on any atom is 0.234 e. The van der Waals surface area contributed by atoms with E-state index >= 15 is 0 Å². The average molecular weight is 392 g/mol. The molecule has 2 unspecified atom stereocenters. The van der Waals surface area contributed by atoms with Crippen LogP contribution >= 0.6 is 0 Å². The number of nitrogens with one attached hydrogen (secondary N) is 1. The van der Waals surface area contributed by atoms with Crippen molar-refractivity contribution in [2.75, 3.05) is 37.6 Å². The van der Waals surface area contributed by atoms with Crippen LogP contribution in [0.25, 0.3) is 0 Å². The van der Waals surface area contributed by atoms with Crippen LogP contribution in [0.4, 0.5) is 5.69 Å². The van der Waals surface area contributed by atoms with Crippen molar-refractivity contribution in [2.45, 2.75) is 38.1 Å². The molecule has 1 amide bonds. The largest absolute Gasteiger partial charge is 0.371 e. The van der Waals surface area contributed by atoms with Crippen LogP contribution in [0.2, 0.25) is 0 Å². The van der Waals surface area contributed by atoms with Gasteiger partial charge in [0.15, 0.2) is 0 Å². The van der Waals surface area contributed by atoms with Crippen LogP contribution in [0.15, 0.2) is 60.7 Å². The van der Waals surface area contributed by atoms with Crippen molar-refractivity contribution in [1.82, 2.24) is 10.2 Å². The second-order valence-corrected chi connectivity index (χ2v) is 8.55. The highest BCUT2D eigenvalue weighted by Gasteiger charge is 2.26. The number of anilines is 1.